The zero-order valence-corrected chi connectivity index (χ0v) is 11.3. The van der Waals surface area contributed by atoms with E-state index in [4.69, 9.17) is 0 Å². The van der Waals surface area contributed by atoms with E-state index in [1.54, 1.807) is 12.1 Å². The molecule has 0 heterocycles. The fourth-order valence-electron chi connectivity index (χ4n) is 1.64. The Morgan fingerprint density at radius 2 is 1.32 bits per heavy atom. The van der Waals surface area contributed by atoms with Gasteiger partial charge in [-0.3, -0.25) is 0 Å². The second-order valence-electron chi connectivity index (χ2n) is 3.81. The first-order chi connectivity index (χ1) is 8.79. The van der Waals surface area contributed by atoms with Gasteiger partial charge in [0.15, 0.2) is 0 Å². The van der Waals surface area contributed by atoms with Gasteiger partial charge >= 0.3 is 0 Å². The van der Waals surface area contributed by atoms with Crippen LogP contribution in [0.25, 0.3) is 11.1 Å². The summed E-state index contributed by atoms with van der Waals surface area (Å²) in [7, 11) is 0. The van der Waals surface area contributed by atoms with Crippen LogP contribution in [-0.4, -0.2) is 10.2 Å². The molecule has 0 aliphatic heterocycles. The molecule has 0 radical (unpaired) electrons. The van der Waals surface area contributed by atoms with E-state index < -0.39 is 0 Å². The average molecular weight is 294 g/mol. The number of para-hydroxylation sites is 1. The second-order valence-corrected chi connectivity index (χ2v) is 3.81. The molecule has 3 aromatic rings. The Bertz CT molecular complexity index is 552. The minimum atomic E-state index is -0.0845. The van der Waals surface area contributed by atoms with Crippen LogP contribution in [-0.2, 0) is 17.1 Å². The minimum Gasteiger partial charge on any atom is -0.748 e. The number of phenolic OH excluding ortho intramolecular Hbond substituents is 2. The van der Waals surface area contributed by atoms with Gasteiger partial charge in [0.25, 0.3) is 0 Å². The van der Waals surface area contributed by atoms with Crippen molar-refractivity contribution in [3.63, 3.8) is 0 Å². The molecule has 0 fully saturated rings. The third-order valence-corrected chi connectivity index (χ3v) is 2.54. The van der Waals surface area contributed by atoms with Gasteiger partial charge in [0, 0.05) is 17.1 Å². The van der Waals surface area contributed by atoms with Gasteiger partial charge in [-0.05, 0) is 6.07 Å². The summed E-state index contributed by atoms with van der Waals surface area (Å²) in [6, 6.07) is 22.5. The van der Waals surface area contributed by atoms with Gasteiger partial charge in [0.2, 0.25) is 0 Å². The summed E-state index contributed by atoms with van der Waals surface area (Å²) >= 11 is 0. The molecule has 0 saturated heterocycles. The first-order valence-corrected chi connectivity index (χ1v) is 5.69. The predicted octanol–water partition coefficient (Wildman–Crippen LogP) is 3.89. The summed E-state index contributed by atoms with van der Waals surface area (Å²) in [4.78, 5) is 0. The zero-order chi connectivity index (χ0) is 12.8. The molecule has 0 unspecified atom stereocenters. The topological polar surface area (TPSA) is 40.5 Å². The molecule has 0 aliphatic carbocycles. The molecule has 2 N–H and O–H groups in total. The first-order valence-electron chi connectivity index (χ1n) is 5.69. The Labute approximate surface area is 123 Å². The van der Waals surface area contributed by atoms with Gasteiger partial charge in [-0.25, -0.2) is 0 Å². The van der Waals surface area contributed by atoms with E-state index in [2.05, 4.69) is 0 Å². The van der Waals surface area contributed by atoms with E-state index in [1.807, 2.05) is 54.6 Å². The Morgan fingerprint density at radius 1 is 0.789 bits per heavy atom. The summed E-state index contributed by atoms with van der Waals surface area (Å²) in [6.45, 7) is 0. The molecule has 0 amide bonds. The molecule has 0 saturated carbocycles. The third kappa shape index (κ3) is 4.02. The standard InChI is InChI=1S/C11H9O2.C5H5.Fe/c12-10-7-3-6-9(11(10)13)8-4-1-2-5-8;1-2-4-5-3-1;/h1-7,12-13H;1-5H;/q-1;-5;. The second kappa shape index (κ2) is 7.47. The molecule has 104 valence electrons. The maximum absolute atomic E-state index is 9.52. The molecule has 0 bridgehead atoms. The molecule has 0 spiro atoms. The maximum atomic E-state index is 9.52. The van der Waals surface area contributed by atoms with Crippen molar-refractivity contribution < 1.29 is 27.3 Å². The molecule has 0 aliphatic rings. The average Bonchev–Trinajstić information content (AvgIpc) is 3.07. The summed E-state index contributed by atoms with van der Waals surface area (Å²) in [5.41, 5.74) is 1.57. The summed E-state index contributed by atoms with van der Waals surface area (Å²) in [5, 5.41) is 18.8. The van der Waals surface area contributed by atoms with Crippen LogP contribution in [0.15, 0.2) is 72.8 Å². The smallest absolute Gasteiger partial charge is 0.123 e. The summed E-state index contributed by atoms with van der Waals surface area (Å²) in [6.07, 6.45) is 0. The molecular formula is C16H14FeO2-6. The number of benzene rings is 1. The molecular weight excluding hydrogens is 280 g/mol. The molecule has 3 rings (SSSR count). The van der Waals surface area contributed by atoms with Gasteiger partial charge in [0.05, 0.1) is 5.75 Å². The van der Waals surface area contributed by atoms with Crippen molar-refractivity contribution in [1.82, 2.24) is 0 Å². The van der Waals surface area contributed by atoms with Crippen LogP contribution in [0, 0.1) is 0 Å². The Balaban J connectivity index is 0.000000256. The fraction of sp³-hybridized carbons (Fsp3) is 0. The monoisotopic (exact) mass is 294 g/mol. The van der Waals surface area contributed by atoms with E-state index in [0.717, 1.165) is 5.56 Å². The van der Waals surface area contributed by atoms with Crippen molar-refractivity contribution in [3.8, 4) is 22.6 Å². The number of aromatic hydroxyl groups is 2. The van der Waals surface area contributed by atoms with Gasteiger partial charge in [-0.15, -0.1) is 18.2 Å². The Morgan fingerprint density at radius 3 is 1.84 bits per heavy atom. The molecule has 2 nitrogen and oxygen atoms in total. The zero-order valence-electron chi connectivity index (χ0n) is 10.2. The molecule has 3 heteroatoms. The van der Waals surface area contributed by atoms with Crippen LogP contribution in [0.1, 0.15) is 0 Å². The minimum absolute atomic E-state index is 0. The van der Waals surface area contributed by atoms with Crippen LogP contribution >= 0.6 is 0 Å². The van der Waals surface area contributed by atoms with Gasteiger partial charge in [0.1, 0.15) is 5.75 Å². The number of rotatable bonds is 1. The molecule has 19 heavy (non-hydrogen) atoms. The normalized spacial score (nSPS) is 9.05. The first kappa shape index (κ1) is 15.1. The van der Waals surface area contributed by atoms with E-state index in [0.29, 0.717) is 5.56 Å². The van der Waals surface area contributed by atoms with Crippen molar-refractivity contribution in [1.29, 1.82) is 0 Å². The largest absolute Gasteiger partial charge is 0.748 e. The third-order valence-electron chi connectivity index (χ3n) is 2.54. The van der Waals surface area contributed by atoms with E-state index in [1.165, 1.54) is 6.07 Å². The van der Waals surface area contributed by atoms with Crippen molar-refractivity contribution in [2.75, 3.05) is 0 Å². The van der Waals surface area contributed by atoms with Crippen LogP contribution in [0.2, 0.25) is 0 Å². The van der Waals surface area contributed by atoms with Crippen molar-refractivity contribution >= 4 is 0 Å². The molecule has 0 atom stereocenters. The van der Waals surface area contributed by atoms with Crippen LogP contribution in [0.4, 0.5) is 0 Å². The summed E-state index contributed by atoms with van der Waals surface area (Å²) in [5.74, 6) is -0.146. The van der Waals surface area contributed by atoms with Crippen molar-refractivity contribution in [2.45, 2.75) is 0 Å². The van der Waals surface area contributed by atoms with E-state index >= 15 is 0 Å². The van der Waals surface area contributed by atoms with Gasteiger partial charge in [-0.1, -0.05) is 17.2 Å². The van der Waals surface area contributed by atoms with Gasteiger partial charge in [-0.2, -0.15) is 12.1 Å². The van der Waals surface area contributed by atoms with Crippen LogP contribution in [0.5, 0.6) is 11.5 Å². The predicted molar refractivity (Wildman–Crippen MR) is 72.8 cm³/mol. The maximum Gasteiger partial charge on any atom is 0.123 e. The van der Waals surface area contributed by atoms with Crippen molar-refractivity contribution in [3.05, 3.63) is 72.8 Å². The Kier molecular flexibility index (Phi) is 5.94. The van der Waals surface area contributed by atoms with Crippen LogP contribution in [0.3, 0.4) is 0 Å². The fourth-order valence-corrected chi connectivity index (χ4v) is 1.64. The van der Waals surface area contributed by atoms with Gasteiger partial charge < -0.3 is 40.5 Å². The van der Waals surface area contributed by atoms with Crippen LogP contribution < -0.4 is 0 Å². The van der Waals surface area contributed by atoms with E-state index in [9.17, 15) is 10.2 Å². The number of hydrogen-bond donors (Lipinski definition) is 2. The molecule has 0 aromatic heterocycles. The number of hydrogen-bond acceptors (Lipinski definition) is 2. The van der Waals surface area contributed by atoms with Crippen molar-refractivity contribution in [2.24, 2.45) is 0 Å². The Hall–Kier alpha value is -1.96. The SMILES string of the molecule is Oc1cccc(-[c-]2cccc2)c1O.[Fe].[cH-]1[cH-][cH-][cH-][cH-]1. The molecule has 3 aromatic carbocycles. The quantitative estimate of drug-likeness (QED) is 0.406. The number of phenols is 2. The summed E-state index contributed by atoms with van der Waals surface area (Å²) < 4.78 is 0. The van der Waals surface area contributed by atoms with E-state index in [-0.39, 0.29) is 28.6 Å².